The van der Waals surface area contributed by atoms with Gasteiger partial charge in [-0.2, -0.15) is 4.98 Å². The molecular weight excluding hydrogens is 394 g/mol. The number of ether oxygens (including phenoxy) is 3. The van der Waals surface area contributed by atoms with Crippen molar-refractivity contribution in [2.45, 2.75) is 31.5 Å². The molecule has 1 aliphatic rings. The van der Waals surface area contributed by atoms with Gasteiger partial charge in [-0.15, -0.1) is 0 Å². The molecule has 2 aromatic heterocycles. The van der Waals surface area contributed by atoms with Gasteiger partial charge < -0.3 is 30.0 Å². The Labute approximate surface area is 162 Å². The van der Waals surface area contributed by atoms with Gasteiger partial charge in [-0.05, 0) is 0 Å². The number of aromatic nitrogens is 3. The number of fused-ring (bicyclic) bond motifs is 1. The third-order valence-electron chi connectivity index (χ3n) is 4.00. The zero-order valence-corrected chi connectivity index (χ0v) is 16.1. The molecule has 28 heavy (non-hydrogen) atoms. The van der Waals surface area contributed by atoms with Crippen LogP contribution in [0, 0.1) is 0 Å². The fourth-order valence-electron chi connectivity index (χ4n) is 2.82. The number of anilines is 1. The van der Waals surface area contributed by atoms with E-state index in [2.05, 4.69) is 9.97 Å². The molecule has 0 aromatic carbocycles. The molecule has 3 heterocycles. The van der Waals surface area contributed by atoms with Gasteiger partial charge in [0, 0.05) is 21.0 Å². The molecule has 0 bridgehead atoms. The minimum Gasteiger partial charge on any atom is -0.454 e. The van der Waals surface area contributed by atoms with E-state index in [1.807, 2.05) is 0 Å². The lowest BCUT2D eigenvalue weighted by atomic mass is 10.1. The van der Waals surface area contributed by atoms with Crippen molar-refractivity contribution in [3.05, 3.63) is 15.9 Å². The van der Waals surface area contributed by atoms with Gasteiger partial charge in [-0.3, -0.25) is 14.2 Å². The quantitative estimate of drug-likeness (QED) is 0.615. The lowest BCUT2D eigenvalue weighted by Crippen LogP contribution is -2.43. The number of hydrogen-bond donors (Lipinski definition) is 2. The molecule has 4 atom stereocenters. The summed E-state index contributed by atoms with van der Waals surface area (Å²) >= 11 is 0.852. The maximum absolute atomic E-state index is 12.6. The highest BCUT2D eigenvalue weighted by atomic mass is 32.1. The number of rotatable bonds is 4. The smallest absolute Gasteiger partial charge is 0.409 e. The average molecular weight is 413 g/mol. The molecule has 1 amide bonds. The monoisotopic (exact) mass is 413 g/mol. The number of aliphatic hydroxyl groups is 1. The fraction of sp³-hybridized carbons (Fsp3) is 0.533. The van der Waals surface area contributed by atoms with Crippen molar-refractivity contribution in [3.8, 4) is 0 Å². The van der Waals surface area contributed by atoms with Crippen LogP contribution in [0.5, 0.6) is 0 Å². The Balaban J connectivity index is 2.08. The molecule has 2 aromatic rings. The summed E-state index contributed by atoms with van der Waals surface area (Å²) in [5.74, 6) is -0.736. The molecular formula is C15H19N5O7S. The van der Waals surface area contributed by atoms with E-state index < -0.39 is 48.1 Å². The SMILES string of the molecule is CC(=O)O[C@@H]1[C@@H](OC(=O)N(C)C)[C@@H](CO)O[C@H]1n1c(=O)sc2cnc(N)nc21. The van der Waals surface area contributed by atoms with Gasteiger partial charge in [0.1, 0.15) is 6.10 Å². The molecule has 12 nitrogen and oxygen atoms in total. The molecule has 0 unspecified atom stereocenters. The van der Waals surface area contributed by atoms with Crippen molar-refractivity contribution < 1.29 is 28.9 Å². The minimum atomic E-state index is -1.19. The van der Waals surface area contributed by atoms with Crippen molar-refractivity contribution in [2.75, 3.05) is 26.4 Å². The molecule has 13 heteroatoms. The molecule has 152 valence electrons. The Morgan fingerprint density at radius 1 is 1.39 bits per heavy atom. The second-order valence-corrected chi connectivity index (χ2v) is 7.21. The first-order chi connectivity index (χ1) is 13.2. The van der Waals surface area contributed by atoms with Crippen molar-refractivity contribution in [2.24, 2.45) is 0 Å². The van der Waals surface area contributed by atoms with Gasteiger partial charge in [0.2, 0.25) is 5.95 Å². The van der Waals surface area contributed by atoms with E-state index in [1.54, 1.807) is 0 Å². The van der Waals surface area contributed by atoms with Crippen LogP contribution >= 0.6 is 11.3 Å². The van der Waals surface area contributed by atoms with E-state index in [4.69, 9.17) is 19.9 Å². The Bertz CT molecular complexity index is 958. The number of nitrogens with two attached hydrogens (primary N) is 1. The summed E-state index contributed by atoms with van der Waals surface area (Å²) in [4.78, 5) is 44.9. The Kier molecular flexibility index (Phi) is 5.49. The zero-order chi connectivity index (χ0) is 20.6. The fourth-order valence-corrected chi connectivity index (χ4v) is 3.64. The van der Waals surface area contributed by atoms with Crippen LogP contribution in [-0.4, -0.2) is 75.6 Å². The van der Waals surface area contributed by atoms with Crippen molar-refractivity contribution >= 4 is 39.7 Å². The number of carbonyl (C=O) groups excluding carboxylic acids is 2. The lowest BCUT2D eigenvalue weighted by Gasteiger charge is -2.25. The highest BCUT2D eigenvalue weighted by molar-refractivity contribution is 7.16. The van der Waals surface area contributed by atoms with E-state index in [-0.39, 0.29) is 11.6 Å². The number of thiazole rings is 1. The van der Waals surface area contributed by atoms with E-state index in [1.165, 1.54) is 32.1 Å². The summed E-state index contributed by atoms with van der Waals surface area (Å²) in [5, 5.41) is 9.68. The topological polar surface area (TPSA) is 159 Å². The predicted octanol–water partition coefficient (Wildman–Crippen LogP) is -0.677. The van der Waals surface area contributed by atoms with Gasteiger partial charge in [0.05, 0.1) is 17.5 Å². The summed E-state index contributed by atoms with van der Waals surface area (Å²) in [6.45, 7) is 0.635. The summed E-state index contributed by atoms with van der Waals surface area (Å²) < 4.78 is 18.0. The van der Waals surface area contributed by atoms with Crippen molar-refractivity contribution in [1.29, 1.82) is 0 Å². The number of aliphatic hydroxyl groups excluding tert-OH is 1. The Hall–Kier alpha value is -2.77. The molecule has 1 saturated heterocycles. The number of hydrogen-bond acceptors (Lipinski definition) is 11. The molecule has 1 fully saturated rings. The maximum atomic E-state index is 12.6. The van der Waals surface area contributed by atoms with Gasteiger partial charge in [-0.25, -0.2) is 9.78 Å². The third-order valence-corrected chi connectivity index (χ3v) is 4.88. The number of carbonyl (C=O) groups is 2. The molecule has 0 radical (unpaired) electrons. The number of nitrogen functional groups attached to an aromatic ring is 1. The molecule has 3 rings (SSSR count). The first kappa shape index (κ1) is 20.0. The van der Waals surface area contributed by atoms with E-state index in [0.717, 1.165) is 15.9 Å². The van der Waals surface area contributed by atoms with E-state index >= 15 is 0 Å². The third kappa shape index (κ3) is 3.63. The van der Waals surface area contributed by atoms with Crippen LogP contribution in [0.1, 0.15) is 13.2 Å². The number of amides is 1. The normalized spacial score (nSPS) is 24.3. The molecule has 1 aliphatic heterocycles. The van der Waals surface area contributed by atoms with E-state index in [9.17, 15) is 19.5 Å². The van der Waals surface area contributed by atoms with Crippen LogP contribution in [0.15, 0.2) is 11.0 Å². The predicted molar refractivity (Wildman–Crippen MR) is 96.6 cm³/mol. The largest absolute Gasteiger partial charge is 0.454 e. The number of esters is 1. The second kappa shape index (κ2) is 7.69. The first-order valence-electron chi connectivity index (χ1n) is 8.18. The maximum Gasteiger partial charge on any atom is 0.409 e. The van der Waals surface area contributed by atoms with Crippen LogP contribution in [-0.2, 0) is 19.0 Å². The van der Waals surface area contributed by atoms with Crippen molar-refractivity contribution in [1.82, 2.24) is 19.4 Å². The first-order valence-corrected chi connectivity index (χ1v) is 8.99. The highest BCUT2D eigenvalue weighted by Crippen LogP contribution is 2.35. The second-order valence-electron chi connectivity index (χ2n) is 6.22. The standard InChI is InChI=1S/C15H19N5O7S/c1-6(22)25-10-9(27-14(23)19(2)3)7(5-21)26-12(10)20-11-8(28-15(20)24)4-17-13(16)18-11/h4,7,9-10,12,21H,5H2,1-3H3,(H2,16,17,18)/t7-,9+,10-,12-/m1/s1. The molecule has 0 saturated carbocycles. The Morgan fingerprint density at radius 3 is 2.71 bits per heavy atom. The summed E-state index contributed by atoms with van der Waals surface area (Å²) in [5.41, 5.74) is 5.80. The van der Waals surface area contributed by atoms with Crippen LogP contribution in [0.2, 0.25) is 0 Å². The minimum absolute atomic E-state index is 0.0598. The van der Waals surface area contributed by atoms with Gasteiger partial charge in [0.15, 0.2) is 24.1 Å². The molecule has 0 aliphatic carbocycles. The Morgan fingerprint density at radius 2 is 2.11 bits per heavy atom. The van der Waals surface area contributed by atoms with E-state index in [0.29, 0.717) is 4.70 Å². The number of nitrogens with zero attached hydrogens (tertiary/aromatic N) is 4. The van der Waals surface area contributed by atoms with Gasteiger partial charge >= 0.3 is 16.9 Å². The van der Waals surface area contributed by atoms with Gasteiger partial charge in [-0.1, -0.05) is 11.3 Å². The molecule has 0 spiro atoms. The lowest BCUT2D eigenvalue weighted by molar-refractivity contribution is -0.156. The average Bonchev–Trinajstić information content (AvgIpc) is 3.11. The highest BCUT2D eigenvalue weighted by Gasteiger charge is 2.51. The van der Waals surface area contributed by atoms with Crippen LogP contribution in [0.3, 0.4) is 0 Å². The summed E-state index contributed by atoms with van der Waals surface area (Å²) in [7, 11) is 2.95. The van der Waals surface area contributed by atoms with Crippen LogP contribution in [0.25, 0.3) is 10.3 Å². The molecule has 3 N–H and O–H groups in total. The summed E-state index contributed by atoms with van der Waals surface area (Å²) in [6, 6.07) is 0. The van der Waals surface area contributed by atoms with Crippen LogP contribution < -0.4 is 10.6 Å². The zero-order valence-electron chi connectivity index (χ0n) is 15.3. The van der Waals surface area contributed by atoms with Crippen molar-refractivity contribution in [3.63, 3.8) is 0 Å². The summed E-state index contributed by atoms with van der Waals surface area (Å²) in [6.07, 6.45) is -3.88. The van der Waals surface area contributed by atoms with Gasteiger partial charge in [0.25, 0.3) is 0 Å². The van der Waals surface area contributed by atoms with Crippen LogP contribution in [0.4, 0.5) is 10.7 Å².